The number of amides is 1. The Morgan fingerprint density at radius 3 is 2.70 bits per heavy atom. The fourth-order valence-corrected chi connectivity index (χ4v) is 2.39. The van der Waals surface area contributed by atoms with Crippen LogP contribution >= 0.6 is 11.6 Å². The molecule has 0 bridgehead atoms. The van der Waals surface area contributed by atoms with Crippen molar-refractivity contribution in [1.29, 1.82) is 0 Å². The molecule has 1 unspecified atom stereocenters. The van der Waals surface area contributed by atoms with E-state index < -0.39 is 5.91 Å². The van der Waals surface area contributed by atoms with E-state index in [1.165, 1.54) is 0 Å². The molecule has 1 heterocycles. The Kier molecular flexibility index (Phi) is 3.22. The van der Waals surface area contributed by atoms with Crippen LogP contribution in [0, 0.1) is 0 Å². The number of benzene rings is 2. The second-order valence-electron chi connectivity index (χ2n) is 4.48. The van der Waals surface area contributed by atoms with Gasteiger partial charge in [0, 0.05) is 10.6 Å². The molecule has 20 heavy (non-hydrogen) atoms. The maximum atomic E-state index is 11.4. The minimum absolute atomic E-state index is 0.101. The summed E-state index contributed by atoms with van der Waals surface area (Å²) < 4.78 is 0. The van der Waals surface area contributed by atoms with Crippen molar-refractivity contribution in [3.8, 4) is 0 Å². The predicted octanol–water partition coefficient (Wildman–Crippen LogP) is 3.00. The molecule has 0 aromatic heterocycles. The van der Waals surface area contributed by atoms with Crippen LogP contribution in [0.3, 0.4) is 0 Å². The van der Waals surface area contributed by atoms with Crippen LogP contribution < -0.4 is 16.1 Å². The highest BCUT2D eigenvalue weighted by atomic mass is 35.5. The average molecular weight is 290 g/mol. The lowest BCUT2D eigenvalue weighted by atomic mass is 10.1. The van der Waals surface area contributed by atoms with Crippen LogP contribution in [0.5, 0.6) is 0 Å². The van der Waals surface area contributed by atoms with Crippen LogP contribution in [-0.4, -0.2) is 11.1 Å². The van der Waals surface area contributed by atoms with Gasteiger partial charge >= 0.3 is 0 Å². The molecule has 0 spiro atoms. The van der Waals surface area contributed by atoms with Gasteiger partial charge in [-0.15, -0.1) is 0 Å². The van der Waals surface area contributed by atoms with Gasteiger partial charge in [0.2, 0.25) is 0 Å². The second-order valence-corrected chi connectivity index (χ2v) is 4.91. The van der Waals surface area contributed by atoms with Crippen molar-refractivity contribution in [2.24, 2.45) is 0 Å². The largest absolute Gasteiger partial charge is 0.360 e. The zero-order valence-electron chi connectivity index (χ0n) is 10.4. The highest BCUT2D eigenvalue weighted by Gasteiger charge is 2.22. The van der Waals surface area contributed by atoms with Gasteiger partial charge in [0.1, 0.15) is 6.17 Å². The van der Waals surface area contributed by atoms with Crippen LogP contribution in [0.2, 0.25) is 5.02 Å². The maximum absolute atomic E-state index is 11.4. The van der Waals surface area contributed by atoms with Crippen LogP contribution in [0.4, 0.5) is 11.4 Å². The number of halogens is 1. The molecule has 2 aromatic carbocycles. The number of carbonyl (C=O) groups excluding carboxylic acids is 1. The molecule has 0 radical (unpaired) electrons. The van der Waals surface area contributed by atoms with E-state index in [1.807, 2.05) is 24.3 Å². The Balaban J connectivity index is 1.87. The molecule has 4 N–H and O–H groups in total. The summed E-state index contributed by atoms with van der Waals surface area (Å²) in [5, 5.41) is 15.9. The molecule has 1 aliphatic heterocycles. The van der Waals surface area contributed by atoms with Crippen molar-refractivity contribution in [2.45, 2.75) is 6.17 Å². The molecule has 102 valence electrons. The van der Waals surface area contributed by atoms with E-state index in [2.05, 4.69) is 10.6 Å². The molecule has 0 saturated heterocycles. The summed E-state index contributed by atoms with van der Waals surface area (Å²) in [5.41, 5.74) is 4.70. The first-order chi connectivity index (χ1) is 9.67. The lowest BCUT2D eigenvalue weighted by molar-refractivity contribution is 0.0706. The summed E-state index contributed by atoms with van der Waals surface area (Å²) in [6, 6.07) is 12.6. The third-order valence-electron chi connectivity index (χ3n) is 3.16. The summed E-state index contributed by atoms with van der Waals surface area (Å²) in [4.78, 5) is 11.4. The van der Waals surface area contributed by atoms with Crippen molar-refractivity contribution in [1.82, 2.24) is 5.48 Å². The van der Waals surface area contributed by atoms with Gasteiger partial charge in [0.05, 0.1) is 11.4 Å². The van der Waals surface area contributed by atoms with Gasteiger partial charge in [-0.3, -0.25) is 10.0 Å². The zero-order valence-corrected chi connectivity index (χ0v) is 11.1. The molecule has 0 saturated carbocycles. The van der Waals surface area contributed by atoms with E-state index in [0.717, 1.165) is 16.9 Å². The van der Waals surface area contributed by atoms with Crippen LogP contribution in [0.25, 0.3) is 0 Å². The Hall–Kier alpha value is -2.24. The smallest absolute Gasteiger partial charge is 0.274 e. The number of fused-ring (bicyclic) bond motifs is 1. The van der Waals surface area contributed by atoms with E-state index in [1.54, 1.807) is 23.7 Å². The first-order valence-electron chi connectivity index (χ1n) is 6.04. The summed E-state index contributed by atoms with van der Waals surface area (Å²) in [5.74, 6) is -0.541. The van der Waals surface area contributed by atoms with Gasteiger partial charge < -0.3 is 10.6 Å². The standard InChI is InChI=1S/C14H12ClN3O2/c15-10-3-1-2-8(6-10)13-16-11-5-4-9(14(19)18-20)7-12(11)17-13/h1-7,13,16-17,20H,(H,18,19). The van der Waals surface area contributed by atoms with E-state index in [9.17, 15) is 4.79 Å². The van der Waals surface area contributed by atoms with E-state index in [0.29, 0.717) is 10.6 Å². The minimum atomic E-state index is -0.541. The lowest BCUT2D eigenvalue weighted by Crippen LogP contribution is -2.18. The quantitative estimate of drug-likeness (QED) is 0.506. The van der Waals surface area contributed by atoms with E-state index in [4.69, 9.17) is 16.8 Å². The van der Waals surface area contributed by atoms with Gasteiger partial charge in [0.25, 0.3) is 5.91 Å². The van der Waals surface area contributed by atoms with Gasteiger partial charge in [-0.2, -0.15) is 0 Å². The normalized spacial score (nSPS) is 16.0. The monoisotopic (exact) mass is 289 g/mol. The highest BCUT2D eigenvalue weighted by molar-refractivity contribution is 6.30. The number of hydrogen-bond donors (Lipinski definition) is 4. The number of rotatable bonds is 2. The first-order valence-corrected chi connectivity index (χ1v) is 6.42. The second kappa shape index (κ2) is 5.03. The third-order valence-corrected chi connectivity index (χ3v) is 3.40. The number of nitrogens with one attached hydrogen (secondary N) is 3. The molecule has 0 fully saturated rings. The van der Waals surface area contributed by atoms with Crippen LogP contribution in [-0.2, 0) is 0 Å². The van der Waals surface area contributed by atoms with Gasteiger partial charge in [-0.05, 0) is 35.9 Å². The molecule has 1 amide bonds. The predicted molar refractivity (Wildman–Crippen MR) is 77.1 cm³/mol. The zero-order chi connectivity index (χ0) is 14.1. The highest BCUT2D eigenvalue weighted by Crippen LogP contribution is 2.36. The summed E-state index contributed by atoms with van der Waals surface area (Å²) in [7, 11) is 0. The molecule has 1 aliphatic rings. The van der Waals surface area contributed by atoms with Crippen LogP contribution in [0.1, 0.15) is 22.1 Å². The van der Waals surface area contributed by atoms with Crippen molar-refractivity contribution >= 4 is 28.9 Å². The third kappa shape index (κ3) is 2.29. The van der Waals surface area contributed by atoms with Gasteiger partial charge in [0.15, 0.2) is 0 Å². The lowest BCUT2D eigenvalue weighted by Gasteiger charge is -2.12. The molecule has 6 heteroatoms. The minimum Gasteiger partial charge on any atom is -0.360 e. The van der Waals surface area contributed by atoms with Gasteiger partial charge in [-0.25, -0.2) is 5.48 Å². The summed E-state index contributed by atoms with van der Waals surface area (Å²) in [6.45, 7) is 0. The number of anilines is 2. The van der Waals surface area contributed by atoms with Crippen molar-refractivity contribution in [3.63, 3.8) is 0 Å². The number of hydrogen-bond acceptors (Lipinski definition) is 4. The SMILES string of the molecule is O=C(NO)c1ccc2c(c1)NC(c1cccc(Cl)c1)N2. The summed E-state index contributed by atoms with van der Waals surface area (Å²) >= 11 is 5.98. The Morgan fingerprint density at radius 2 is 1.95 bits per heavy atom. The molecule has 1 atom stereocenters. The maximum Gasteiger partial charge on any atom is 0.274 e. The molecule has 5 nitrogen and oxygen atoms in total. The molecule has 0 aliphatic carbocycles. The number of hydroxylamine groups is 1. The van der Waals surface area contributed by atoms with E-state index >= 15 is 0 Å². The van der Waals surface area contributed by atoms with Crippen molar-refractivity contribution in [2.75, 3.05) is 10.6 Å². The molecule has 2 aromatic rings. The Labute approximate surface area is 120 Å². The topological polar surface area (TPSA) is 73.4 Å². The Bertz CT molecular complexity index is 675. The van der Waals surface area contributed by atoms with Crippen LogP contribution in [0.15, 0.2) is 42.5 Å². The van der Waals surface area contributed by atoms with Crippen molar-refractivity contribution in [3.05, 3.63) is 58.6 Å². The fraction of sp³-hybridized carbons (Fsp3) is 0.0714. The average Bonchev–Trinajstić information content (AvgIpc) is 2.89. The fourth-order valence-electron chi connectivity index (χ4n) is 2.20. The first kappa shape index (κ1) is 12.8. The van der Waals surface area contributed by atoms with Crippen molar-refractivity contribution < 1.29 is 10.0 Å². The van der Waals surface area contributed by atoms with E-state index in [-0.39, 0.29) is 6.17 Å². The number of carbonyl (C=O) groups is 1. The Morgan fingerprint density at radius 1 is 1.15 bits per heavy atom. The van der Waals surface area contributed by atoms with Gasteiger partial charge in [-0.1, -0.05) is 23.7 Å². The summed E-state index contributed by atoms with van der Waals surface area (Å²) in [6.07, 6.45) is -0.101. The molecule has 3 rings (SSSR count). The molecular weight excluding hydrogens is 278 g/mol. The molecular formula is C14H12ClN3O2.